The first-order valence-electron chi connectivity index (χ1n) is 4.38. The summed E-state index contributed by atoms with van der Waals surface area (Å²) in [6, 6.07) is 0. The fourth-order valence-corrected chi connectivity index (χ4v) is 2.46. The molecule has 2 amide bonds. The molecule has 13 heavy (non-hydrogen) atoms. The van der Waals surface area contributed by atoms with Gasteiger partial charge in [-0.1, -0.05) is 6.42 Å². The number of hydrogen-bond acceptors (Lipinski definition) is 3. The summed E-state index contributed by atoms with van der Waals surface area (Å²) >= 11 is 1.66. The second kappa shape index (κ2) is 5.11. The predicted molar refractivity (Wildman–Crippen MR) is 52.3 cm³/mol. The Morgan fingerprint density at radius 2 is 2.23 bits per heavy atom. The van der Waals surface area contributed by atoms with Gasteiger partial charge < -0.3 is 11.1 Å². The number of nitrogens with two attached hydrogens (primary N) is 1. The minimum atomic E-state index is -0.492. The average molecular weight is 202 g/mol. The van der Waals surface area contributed by atoms with Crippen molar-refractivity contribution in [1.82, 2.24) is 5.32 Å². The first-order valence-corrected chi connectivity index (χ1v) is 5.42. The van der Waals surface area contributed by atoms with Gasteiger partial charge in [-0.3, -0.25) is 9.59 Å². The zero-order chi connectivity index (χ0) is 9.68. The molecular formula is C8H14N2O2S. The number of thioether (sulfide) groups is 1. The molecule has 1 saturated heterocycles. The van der Waals surface area contributed by atoms with E-state index in [4.69, 9.17) is 5.73 Å². The molecule has 1 heterocycles. The highest BCUT2D eigenvalue weighted by Gasteiger charge is 2.21. The summed E-state index contributed by atoms with van der Waals surface area (Å²) in [4.78, 5) is 21.8. The third kappa shape index (κ3) is 3.67. The van der Waals surface area contributed by atoms with Crippen LogP contribution in [0.15, 0.2) is 0 Å². The van der Waals surface area contributed by atoms with Gasteiger partial charge in [-0.2, -0.15) is 0 Å². The number of rotatable bonds is 3. The first-order chi connectivity index (χ1) is 6.20. The molecule has 74 valence electrons. The Balaban J connectivity index is 2.25. The smallest absolute Gasteiger partial charge is 0.236 e. The zero-order valence-corrected chi connectivity index (χ0v) is 8.23. The highest BCUT2D eigenvalue weighted by Crippen LogP contribution is 2.24. The van der Waals surface area contributed by atoms with E-state index in [0.29, 0.717) is 0 Å². The Morgan fingerprint density at radius 1 is 1.46 bits per heavy atom. The number of carbonyl (C=O) groups excluding carboxylic acids is 2. The molecule has 0 bridgehead atoms. The predicted octanol–water partition coefficient (Wildman–Crippen LogP) is -0.126. The van der Waals surface area contributed by atoms with Crippen molar-refractivity contribution in [3.05, 3.63) is 0 Å². The van der Waals surface area contributed by atoms with Crippen LogP contribution >= 0.6 is 11.8 Å². The SMILES string of the molecule is NC(=O)CNC(=O)C1CCCCS1. The van der Waals surface area contributed by atoms with E-state index in [-0.39, 0.29) is 17.7 Å². The number of nitrogens with one attached hydrogen (secondary N) is 1. The minimum Gasteiger partial charge on any atom is -0.368 e. The summed E-state index contributed by atoms with van der Waals surface area (Å²) in [5.74, 6) is 0.493. The maximum Gasteiger partial charge on any atom is 0.236 e. The van der Waals surface area contributed by atoms with E-state index in [1.807, 2.05) is 0 Å². The second-order valence-corrected chi connectivity index (χ2v) is 4.35. The van der Waals surface area contributed by atoms with Crippen LogP contribution < -0.4 is 11.1 Å². The van der Waals surface area contributed by atoms with Crippen molar-refractivity contribution in [3.8, 4) is 0 Å². The summed E-state index contributed by atoms with van der Waals surface area (Å²) in [6.07, 6.45) is 3.20. The van der Waals surface area contributed by atoms with E-state index in [1.54, 1.807) is 11.8 Å². The van der Waals surface area contributed by atoms with Gasteiger partial charge in [0.15, 0.2) is 0 Å². The highest BCUT2D eigenvalue weighted by atomic mass is 32.2. The van der Waals surface area contributed by atoms with Crippen molar-refractivity contribution >= 4 is 23.6 Å². The monoisotopic (exact) mass is 202 g/mol. The fourth-order valence-electron chi connectivity index (χ4n) is 1.24. The third-order valence-electron chi connectivity index (χ3n) is 1.91. The zero-order valence-electron chi connectivity index (χ0n) is 7.41. The molecule has 0 radical (unpaired) electrons. The van der Waals surface area contributed by atoms with E-state index in [0.717, 1.165) is 18.6 Å². The molecule has 1 rings (SSSR count). The average Bonchev–Trinajstić information content (AvgIpc) is 2.15. The fraction of sp³-hybridized carbons (Fsp3) is 0.750. The van der Waals surface area contributed by atoms with Gasteiger partial charge in [0, 0.05) is 0 Å². The Morgan fingerprint density at radius 3 is 2.77 bits per heavy atom. The topological polar surface area (TPSA) is 72.2 Å². The first kappa shape index (κ1) is 10.4. The van der Waals surface area contributed by atoms with Crippen molar-refractivity contribution in [2.45, 2.75) is 24.5 Å². The van der Waals surface area contributed by atoms with Crippen LogP contribution in [0.4, 0.5) is 0 Å². The Labute approximate surface area is 81.6 Å². The molecule has 1 atom stereocenters. The number of carbonyl (C=O) groups is 2. The highest BCUT2D eigenvalue weighted by molar-refractivity contribution is 8.00. The lowest BCUT2D eigenvalue weighted by Gasteiger charge is -2.19. The van der Waals surface area contributed by atoms with Crippen molar-refractivity contribution in [2.24, 2.45) is 5.73 Å². The molecule has 1 aliphatic rings. The van der Waals surface area contributed by atoms with Gasteiger partial charge in [0.05, 0.1) is 11.8 Å². The second-order valence-electron chi connectivity index (χ2n) is 3.04. The molecule has 3 N–H and O–H groups in total. The van der Waals surface area contributed by atoms with E-state index in [2.05, 4.69) is 5.32 Å². The van der Waals surface area contributed by atoms with E-state index in [1.165, 1.54) is 6.42 Å². The third-order valence-corrected chi connectivity index (χ3v) is 3.29. The lowest BCUT2D eigenvalue weighted by molar-refractivity contribution is -0.124. The molecule has 0 aromatic rings. The maximum atomic E-state index is 11.4. The largest absolute Gasteiger partial charge is 0.368 e. The Kier molecular flexibility index (Phi) is 4.08. The van der Waals surface area contributed by atoms with Crippen LogP contribution in [0.5, 0.6) is 0 Å². The molecule has 0 aromatic heterocycles. The van der Waals surface area contributed by atoms with Crippen molar-refractivity contribution in [1.29, 1.82) is 0 Å². The molecule has 1 aliphatic heterocycles. The molecule has 0 aliphatic carbocycles. The van der Waals surface area contributed by atoms with Crippen LogP contribution in [0, 0.1) is 0 Å². The number of amides is 2. The van der Waals surface area contributed by atoms with Crippen LogP contribution in [0.1, 0.15) is 19.3 Å². The van der Waals surface area contributed by atoms with E-state index in [9.17, 15) is 9.59 Å². The molecule has 0 saturated carbocycles. The summed E-state index contributed by atoms with van der Waals surface area (Å²) in [5, 5.41) is 2.54. The summed E-state index contributed by atoms with van der Waals surface area (Å²) in [5.41, 5.74) is 4.91. The summed E-state index contributed by atoms with van der Waals surface area (Å²) < 4.78 is 0. The quantitative estimate of drug-likeness (QED) is 0.670. The standard InChI is InChI=1S/C8H14N2O2S/c9-7(11)5-10-8(12)6-3-1-2-4-13-6/h6H,1-5H2,(H2,9,11)(H,10,12). The molecule has 5 heteroatoms. The molecule has 1 unspecified atom stereocenters. The van der Waals surface area contributed by atoms with Crippen LogP contribution in [-0.4, -0.2) is 29.4 Å². The van der Waals surface area contributed by atoms with Crippen LogP contribution in [0.3, 0.4) is 0 Å². The Hall–Kier alpha value is -0.710. The van der Waals surface area contributed by atoms with Gasteiger partial charge in [0.25, 0.3) is 0 Å². The summed E-state index contributed by atoms with van der Waals surface area (Å²) in [6.45, 7) is -0.0457. The normalized spacial score (nSPS) is 22.3. The maximum absolute atomic E-state index is 11.4. The number of primary amides is 1. The van der Waals surface area contributed by atoms with Gasteiger partial charge >= 0.3 is 0 Å². The van der Waals surface area contributed by atoms with Crippen molar-refractivity contribution in [3.63, 3.8) is 0 Å². The molecule has 4 nitrogen and oxygen atoms in total. The van der Waals surface area contributed by atoms with Crippen molar-refractivity contribution in [2.75, 3.05) is 12.3 Å². The molecule has 0 aromatic carbocycles. The van der Waals surface area contributed by atoms with Crippen LogP contribution in [0.2, 0.25) is 0 Å². The van der Waals surface area contributed by atoms with Crippen LogP contribution in [0.25, 0.3) is 0 Å². The molecular weight excluding hydrogens is 188 g/mol. The molecule has 0 spiro atoms. The van der Waals surface area contributed by atoms with Gasteiger partial charge in [0.2, 0.25) is 11.8 Å². The van der Waals surface area contributed by atoms with Gasteiger partial charge in [-0.15, -0.1) is 11.8 Å². The molecule has 1 fully saturated rings. The Bertz CT molecular complexity index is 202. The van der Waals surface area contributed by atoms with E-state index >= 15 is 0 Å². The van der Waals surface area contributed by atoms with E-state index < -0.39 is 5.91 Å². The van der Waals surface area contributed by atoms with Crippen LogP contribution in [-0.2, 0) is 9.59 Å². The minimum absolute atomic E-state index is 0.0214. The summed E-state index contributed by atoms with van der Waals surface area (Å²) in [7, 11) is 0. The van der Waals surface area contributed by atoms with Gasteiger partial charge in [-0.25, -0.2) is 0 Å². The van der Waals surface area contributed by atoms with Crippen molar-refractivity contribution < 1.29 is 9.59 Å². The number of hydrogen-bond donors (Lipinski definition) is 2. The van der Waals surface area contributed by atoms with Gasteiger partial charge in [-0.05, 0) is 18.6 Å². The van der Waals surface area contributed by atoms with Gasteiger partial charge in [0.1, 0.15) is 0 Å². The lowest BCUT2D eigenvalue weighted by Crippen LogP contribution is -2.39. The lowest BCUT2D eigenvalue weighted by atomic mass is 10.2.